The number of rotatable bonds is 6. The minimum absolute atomic E-state index is 0.0892. The fourth-order valence-electron chi connectivity index (χ4n) is 1.99. The summed E-state index contributed by atoms with van der Waals surface area (Å²) in [6.45, 7) is 1.76. The zero-order chi connectivity index (χ0) is 18.6. The lowest BCUT2D eigenvalue weighted by atomic mass is 10.3. The molecule has 10 heteroatoms. The van der Waals surface area contributed by atoms with E-state index in [2.05, 4.69) is 10.3 Å². The van der Waals surface area contributed by atoms with Gasteiger partial charge in [-0.15, -0.1) is 0 Å². The van der Waals surface area contributed by atoms with Crippen LogP contribution in [0.2, 0.25) is 5.02 Å². The van der Waals surface area contributed by atoms with Crippen LogP contribution in [0.25, 0.3) is 0 Å². The van der Waals surface area contributed by atoms with Crippen molar-refractivity contribution in [3.8, 4) is 11.5 Å². The van der Waals surface area contributed by atoms with Gasteiger partial charge in [-0.1, -0.05) is 17.7 Å². The summed E-state index contributed by atoms with van der Waals surface area (Å²) in [5.41, 5.74) is 3.17. The molecule has 0 spiro atoms. The zero-order valence-corrected chi connectivity index (χ0v) is 14.3. The lowest BCUT2D eigenvalue weighted by Crippen LogP contribution is -2.40. The standard InChI is InChI=1S/C15H17ClN4O5/c1-7(6-25-9-5-3-4-8(24-2)10(9)16)18-14(22)12-11(17)13(21)20-15(23)19-12/h3-5,7H,6,17H2,1-2H3,(H,18,22)(H2,19,20,21,23). The molecule has 5 N–H and O–H groups in total. The Morgan fingerprint density at radius 3 is 2.68 bits per heavy atom. The van der Waals surface area contributed by atoms with Crippen LogP contribution >= 0.6 is 11.6 Å². The Labute approximate surface area is 147 Å². The number of nitrogens with two attached hydrogens (primary N) is 1. The third-order valence-corrected chi connectivity index (χ3v) is 3.59. The summed E-state index contributed by atoms with van der Waals surface area (Å²) < 4.78 is 10.6. The first-order valence-electron chi connectivity index (χ1n) is 7.21. The molecular weight excluding hydrogens is 352 g/mol. The Kier molecular flexibility index (Phi) is 5.71. The number of aromatic nitrogens is 2. The number of carbonyl (C=O) groups is 1. The van der Waals surface area contributed by atoms with Gasteiger partial charge in [-0.3, -0.25) is 14.6 Å². The number of carbonyl (C=O) groups excluding carboxylic acids is 1. The molecular formula is C15H17ClN4O5. The van der Waals surface area contributed by atoms with Gasteiger partial charge in [-0.2, -0.15) is 0 Å². The first-order chi connectivity index (χ1) is 11.8. The normalized spacial score (nSPS) is 11.6. The number of hydrogen-bond donors (Lipinski definition) is 4. The van der Waals surface area contributed by atoms with Crippen LogP contribution in [0.5, 0.6) is 11.5 Å². The van der Waals surface area contributed by atoms with Crippen molar-refractivity contribution in [3.63, 3.8) is 0 Å². The van der Waals surface area contributed by atoms with Gasteiger partial charge in [-0.05, 0) is 19.1 Å². The van der Waals surface area contributed by atoms with Crippen molar-refractivity contribution in [3.05, 3.63) is 49.8 Å². The van der Waals surface area contributed by atoms with Crippen LogP contribution in [-0.2, 0) is 0 Å². The minimum Gasteiger partial charge on any atom is -0.495 e. The summed E-state index contributed by atoms with van der Waals surface area (Å²) >= 11 is 6.12. The molecule has 25 heavy (non-hydrogen) atoms. The average molecular weight is 369 g/mol. The second kappa shape index (κ2) is 7.75. The lowest BCUT2D eigenvalue weighted by Gasteiger charge is -2.16. The molecule has 1 aromatic carbocycles. The molecule has 0 bridgehead atoms. The molecule has 1 atom stereocenters. The molecule has 0 radical (unpaired) electrons. The summed E-state index contributed by atoms with van der Waals surface area (Å²) in [5, 5.41) is 2.88. The van der Waals surface area contributed by atoms with Gasteiger partial charge in [-0.25, -0.2) is 4.79 Å². The average Bonchev–Trinajstić information content (AvgIpc) is 2.57. The smallest absolute Gasteiger partial charge is 0.326 e. The summed E-state index contributed by atoms with van der Waals surface area (Å²) in [6.07, 6.45) is 0. The predicted molar refractivity (Wildman–Crippen MR) is 92.5 cm³/mol. The summed E-state index contributed by atoms with van der Waals surface area (Å²) in [6, 6.07) is 4.60. The monoisotopic (exact) mass is 368 g/mol. The Balaban J connectivity index is 2.04. The van der Waals surface area contributed by atoms with E-state index in [0.29, 0.717) is 16.5 Å². The molecule has 134 valence electrons. The van der Waals surface area contributed by atoms with Crippen LogP contribution in [0, 0.1) is 0 Å². The number of aromatic amines is 2. The van der Waals surface area contributed by atoms with Crippen molar-refractivity contribution in [2.45, 2.75) is 13.0 Å². The highest BCUT2D eigenvalue weighted by atomic mass is 35.5. The van der Waals surface area contributed by atoms with Crippen LogP contribution in [0.15, 0.2) is 27.8 Å². The first-order valence-corrected chi connectivity index (χ1v) is 7.59. The Morgan fingerprint density at radius 2 is 2.00 bits per heavy atom. The van der Waals surface area contributed by atoms with Gasteiger partial charge in [0.2, 0.25) is 0 Å². The number of H-pyrrole nitrogens is 2. The van der Waals surface area contributed by atoms with Crippen molar-refractivity contribution in [1.82, 2.24) is 15.3 Å². The third kappa shape index (κ3) is 4.32. The number of methoxy groups -OCH3 is 1. The molecule has 1 heterocycles. The van der Waals surface area contributed by atoms with Gasteiger partial charge in [0.1, 0.15) is 34.5 Å². The highest BCUT2D eigenvalue weighted by molar-refractivity contribution is 6.33. The number of benzene rings is 1. The molecule has 0 aliphatic rings. The van der Waals surface area contributed by atoms with Crippen LogP contribution in [0.3, 0.4) is 0 Å². The van der Waals surface area contributed by atoms with Gasteiger partial charge >= 0.3 is 5.69 Å². The van der Waals surface area contributed by atoms with Crippen molar-refractivity contribution in [1.29, 1.82) is 0 Å². The van der Waals surface area contributed by atoms with Crippen LogP contribution in [0.1, 0.15) is 17.4 Å². The van der Waals surface area contributed by atoms with E-state index in [1.54, 1.807) is 25.1 Å². The van der Waals surface area contributed by atoms with Crippen LogP contribution in [-0.4, -0.2) is 35.6 Å². The maximum atomic E-state index is 12.1. The van der Waals surface area contributed by atoms with Crippen molar-refractivity contribution in [2.75, 3.05) is 19.5 Å². The van der Waals surface area contributed by atoms with Gasteiger partial charge in [0.25, 0.3) is 11.5 Å². The maximum Gasteiger partial charge on any atom is 0.326 e. The molecule has 0 saturated heterocycles. The second-order valence-corrected chi connectivity index (χ2v) is 5.53. The molecule has 0 aliphatic heterocycles. The topological polar surface area (TPSA) is 139 Å². The molecule has 0 aliphatic carbocycles. The quantitative estimate of drug-likeness (QED) is 0.585. The second-order valence-electron chi connectivity index (χ2n) is 5.15. The summed E-state index contributed by atoms with van der Waals surface area (Å²) in [7, 11) is 1.49. The first kappa shape index (κ1) is 18.4. The Morgan fingerprint density at radius 1 is 1.32 bits per heavy atom. The summed E-state index contributed by atoms with van der Waals surface area (Å²) in [4.78, 5) is 39.0. The molecule has 1 aromatic heterocycles. The number of ether oxygens (including phenoxy) is 2. The number of amides is 1. The van der Waals surface area contributed by atoms with Crippen molar-refractivity contribution < 1.29 is 14.3 Å². The lowest BCUT2D eigenvalue weighted by molar-refractivity contribution is 0.0922. The summed E-state index contributed by atoms with van der Waals surface area (Å²) in [5.74, 6) is 0.157. The van der Waals surface area contributed by atoms with Gasteiger partial charge < -0.3 is 25.5 Å². The van der Waals surface area contributed by atoms with E-state index in [1.165, 1.54) is 7.11 Å². The fourth-order valence-corrected chi connectivity index (χ4v) is 2.25. The SMILES string of the molecule is COc1cccc(OCC(C)NC(=O)c2[nH]c(=O)[nH]c(=O)c2N)c1Cl. The van der Waals surface area contributed by atoms with Crippen molar-refractivity contribution in [2.24, 2.45) is 0 Å². The fraction of sp³-hybridized carbons (Fsp3) is 0.267. The molecule has 2 aromatic rings. The minimum atomic E-state index is -0.832. The van der Waals surface area contributed by atoms with E-state index in [0.717, 1.165) is 0 Å². The molecule has 2 rings (SSSR count). The largest absolute Gasteiger partial charge is 0.495 e. The molecule has 0 saturated carbocycles. The number of anilines is 1. The number of halogens is 1. The van der Waals surface area contributed by atoms with Gasteiger partial charge in [0.15, 0.2) is 0 Å². The van der Waals surface area contributed by atoms with Gasteiger partial charge in [0.05, 0.1) is 13.2 Å². The molecule has 1 unspecified atom stereocenters. The zero-order valence-electron chi connectivity index (χ0n) is 13.5. The number of hydrogen-bond acceptors (Lipinski definition) is 6. The molecule has 0 fully saturated rings. The van der Waals surface area contributed by atoms with E-state index in [1.807, 2.05) is 4.98 Å². The third-order valence-electron chi connectivity index (χ3n) is 3.22. The molecule has 1 amide bonds. The van der Waals surface area contributed by atoms with Crippen molar-refractivity contribution >= 4 is 23.2 Å². The van der Waals surface area contributed by atoms with E-state index in [9.17, 15) is 14.4 Å². The van der Waals surface area contributed by atoms with E-state index < -0.39 is 23.2 Å². The maximum absolute atomic E-state index is 12.1. The van der Waals surface area contributed by atoms with Crippen LogP contribution < -0.4 is 31.8 Å². The van der Waals surface area contributed by atoms with Crippen LogP contribution in [0.4, 0.5) is 5.69 Å². The number of nitrogens with one attached hydrogen (secondary N) is 3. The highest BCUT2D eigenvalue weighted by Gasteiger charge is 2.17. The van der Waals surface area contributed by atoms with E-state index in [4.69, 9.17) is 26.8 Å². The van der Waals surface area contributed by atoms with E-state index in [-0.39, 0.29) is 18.0 Å². The van der Waals surface area contributed by atoms with Gasteiger partial charge in [0, 0.05) is 0 Å². The van der Waals surface area contributed by atoms with E-state index >= 15 is 0 Å². The molecule has 9 nitrogen and oxygen atoms in total. The Bertz CT molecular complexity index is 892. The number of nitrogen functional groups attached to an aromatic ring is 1. The Hall–Kier alpha value is -2.94. The highest BCUT2D eigenvalue weighted by Crippen LogP contribution is 2.33. The predicted octanol–water partition coefficient (Wildman–Crippen LogP) is 0.505.